The first-order valence-electron chi connectivity index (χ1n) is 7.86. The Labute approximate surface area is 125 Å². The van der Waals surface area contributed by atoms with Gasteiger partial charge in [0.1, 0.15) is 0 Å². The minimum atomic E-state index is -1.16. The molecular weight excluding hydrogens is 341 g/mol. The summed E-state index contributed by atoms with van der Waals surface area (Å²) >= 11 is -1.91. The van der Waals surface area contributed by atoms with Crippen LogP contribution in [0.5, 0.6) is 0 Å². The maximum absolute atomic E-state index is 6.44. The normalized spacial score (nSPS) is 12.7. The van der Waals surface area contributed by atoms with Crippen molar-refractivity contribution >= 4 is 29.0 Å². The Morgan fingerprint density at radius 2 is 1.33 bits per heavy atom. The van der Waals surface area contributed by atoms with E-state index in [1.165, 1.54) is 37.4 Å². The SMILES string of the molecule is CC[CH2][Ge]([CH2]CC)[CH2]CC(CC)(CC)[O][Ge]([CH3])[CH3]. The predicted octanol–water partition coefficient (Wildman–Crippen LogP) is 5.52. The summed E-state index contributed by atoms with van der Waals surface area (Å²) in [6.45, 7) is 9.36. The molecule has 0 unspecified atom stereocenters. The molecule has 0 fully saturated rings. The third-order valence-corrected chi connectivity index (χ3v) is 12.7. The van der Waals surface area contributed by atoms with Crippen molar-refractivity contribution in [1.29, 1.82) is 0 Å². The van der Waals surface area contributed by atoms with Gasteiger partial charge in [0, 0.05) is 0 Å². The fourth-order valence-corrected chi connectivity index (χ4v) is 11.6. The summed E-state index contributed by atoms with van der Waals surface area (Å²) in [4.78, 5) is 0. The van der Waals surface area contributed by atoms with E-state index in [0.717, 1.165) is 0 Å². The van der Waals surface area contributed by atoms with Gasteiger partial charge < -0.3 is 0 Å². The third kappa shape index (κ3) is 7.59. The maximum atomic E-state index is 6.44. The van der Waals surface area contributed by atoms with E-state index in [1.807, 2.05) is 0 Å². The Balaban J connectivity index is 4.38. The minimum absolute atomic E-state index is 0.249. The van der Waals surface area contributed by atoms with E-state index < -0.39 is 29.0 Å². The van der Waals surface area contributed by atoms with Crippen molar-refractivity contribution < 1.29 is 3.76 Å². The molecule has 0 aliphatic rings. The molecule has 0 N–H and O–H groups in total. The fourth-order valence-electron chi connectivity index (χ4n) is 2.72. The van der Waals surface area contributed by atoms with Gasteiger partial charge in [-0.3, -0.25) is 0 Å². The Morgan fingerprint density at radius 3 is 1.67 bits per heavy atom. The van der Waals surface area contributed by atoms with E-state index in [4.69, 9.17) is 3.76 Å². The van der Waals surface area contributed by atoms with Gasteiger partial charge in [-0.1, -0.05) is 0 Å². The van der Waals surface area contributed by atoms with Crippen LogP contribution in [0.4, 0.5) is 0 Å². The molecule has 0 aliphatic carbocycles. The van der Waals surface area contributed by atoms with Gasteiger partial charge in [-0.15, -0.1) is 0 Å². The molecule has 3 heteroatoms. The molecule has 0 atom stereocenters. The average Bonchev–Trinajstić information content (AvgIpc) is 2.34. The molecule has 0 aromatic carbocycles. The molecule has 0 saturated carbocycles. The zero-order valence-electron chi connectivity index (χ0n) is 13.6. The zero-order valence-corrected chi connectivity index (χ0v) is 17.8. The van der Waals surface area contributed by atoms with Crippen molar-refractivity contribution in [2.24, 2.45) is 0 Å². The molecule has 0 aliphatic heterocycles. The summed E-state index contributed by atoms with van der Waals surface area (Å²) in [5.74, 6) is 4.69. The summed E-state index contributed by atoms with van der Waals surface area (Å²) in [6, 6.07) is 0. The van der Waals surface area contributed by atoms with Crippen LogP contribution in [-0.4, -0.2) is 34.6 Å². The van der Waals surface area contributed by atoms with Crippen molar-refractivity contribution in [3.05, 3.63) is 0 Å². The van der Waals surface area contributed by atoms with Crippen molar-refractivity contribution in [3.8, 4) is 0 Å². The Morgan fingerprint density at radius 1 is 0.833 bits per heavy atom. The second kappa shape index (κ2) is 10.8. The van der Waals surface area contributed by atoms with Crippen LogP contribution in [0.1, 0.15) is 59.8 Å². The summed E-state index contributed by atoms with van der Waals surface area (Å²) in [5, 5.41) is 4.67. The van der Waals surface area contributed by atoms with Crippen LogP contribution in [0, 0.1) is 0 Å². The van der Waals surface area contributed by atoms with Crippen LogP contribution in [0.3, 0.4) is 0 Å². The number of hydrogen-bond donors (Lipinski definition) is 0. The molecular formula is C15H34Ge2O. The Bertz CT molecular complexity index is 185. The molecule has 0 saturated heterocycles. The van der Waals surface area contributed by atoms with E-state index >= 15 is 0 Å². The van der Waals surface area contributed by atoms with Crippen molar-refractivity contribution in [1.82, 2.24) is 0 Å². The van der Waals surface area contributed by atoms with Gasteiger partial charge in [-0.2, -0.15) is 0 Å². The molecule has 0 aromatic heterocycles. The van der Waals surface area contributed by atoms with Gasteiger partial charge in [0.05, 0.1) is 0 Å². The van der Waals surface area contributed by atoms with Crippen LogP contribution in [0.25, 0.3) is 0 Å². The molecule has 18 heavy (non-hydrogen) atoms. The molecule has 0 aromatic rings. The summed E-state index contributed by atoms with van der Waals surface area (Å²) in [5.41, 5.74) is 0.249. The number of rotatable bonds is 11. The Kier molecular flexibility index (Phi) is 11.4. The van der Waals surface area contributed by atoms with Crippen LogP contribution in [0.15, 0.2) is 0 Å². The first kappa shape index (κ1) is 19.0. The second-order valence-corrected chi connectivity index (χ2v) is 16.2. The molecule has 0 rings (SSSR count). The first-order chi connectivity index (χ1) is 8.53. The summed E-state index contributed by atoms with van der Waals surface area (Å²) in [7, 11) is 0. The van der Waals surface area contributed by atoms with Crippen molar-refractivity contribution in [2.75, 3.05) is 0 Å². The monoisotopic (exact) mass is 378 g/mol. The van der Waals surface area contributed by atoms with Gasteiger partial charge >= 0.3 is 125 Å². The molecule has 0 heterocycles. The van der Waals surface area contributed by atoms with Gasteiger partial charge in [0.15, 0.2) is 0 Å². The Hall–Kier alpha value is 1.05. The topological polar surface area (TPSA) is 9.23 Å². The quantitative estimate of drug-likeness (QED) is 0.432. The van der Waals surface area contributed by atoms with Gasteiger partial charge in [0.25, 0.3) is 0 Å². The van der Waals surface area contributed by atoms with Crippen LogP contribution in [-0.2, 0) is 3.76 Å². The van der Waals surface area contributed by atoms with Crippen LogP contribution < -0.4 is 0 Å². The fraction of sp³-hybridized carbons (Fsp3) is 1.00. The molecule has 0 amide bonds. The van der Waals surface area contributed by atoms with Gasteiger partial charge in [0.2, 0.25) is 0 Å². The van der Waals surface area contributed by atoms with Crippen LogP contribution in [0.2, 0.25) is 27.3 Å². The number of hydrogen-bond acceptors (Lipinski definition) is 1. The molecule has 108 valence electrons. The van der Waals surface area contributed by atoms with E-state index in [1.54, 1.807) is 10.5 Å². The third-order valence-electron chi connectivity index (χ3n) is 3.85. The molecule has 0 spiro atoms. The summed E-state index contributed by atoms with van der Waals surface area (Å²) in [6.07, 6.45) is 6.59. The van der Waals surface area contributed by atoms with E-state index in [9.17, 15) is 0 Å². The molecule has 0 bridgehead atoms. The van der Waals surface area contributed by atoms with Crippen LogP contribution >= 0.6 is 0 Å². The van der Waals surface area contributed by atoms with Gasteiger partial charge in [-0.05, 0) is 0 Å². The predicted molar refractivity (Wildman–Crippen MR) is 87.3 cm³/mol. The average molecular weight is 376 g/mol. The first-order valence-corrected chi connectivity index (χ1v) is 17.4. The van der Waals surface area contributed by atoms with E-state index in [0.29, 0.717) is 0 Å². The molecule has 1 nitrogen and oxygen atoms in total. The second-order valence-electron chi connectivity index (χ2n) is 5.65. The van der Waals surface area contributed by atoms with Crippen molar-refractivity contribution in [3.63, 3.8) is 0 Å². The van der Waals surface area contributed by atoms with Crippen molar-refractivity contribution in [2.45, 2.75) is 92.7 Å². The standard InChI is InChI=1S/C15H34Ge2O/c1-7-12-17(13-8-2)14-11-15(9-3,10-4)18-16(5)6/h7-14H2,1-6H3. The van der Waals surface area contributed by atoms with Gasteiger partial charge in [-0.25, -0.2) is 0 Å². The molecule has 2 radical (unpaired) electrons. The zero-order chi connectivity index (χ0) is 14.0. The van der Waals surface area contributed by atoms with E-state index in [-0.39, 0.29) is 5.60 Å². The van der Waals surface area contributed by atoms with E-state index in [2.05, 4.69) is 39.2 Å². The summed E-state index contributed by atoms with van der Waals surface area (Å²) < 4.78 is 6.44.